The molecule has 0 bridgehead atoms. The van der Waals surface area contributed by atoms with Crippen molar-refractivity contribution < 1.29 is 18.6 Å². The number of methoxy groups -OCH3 is 3. The molecule has 0 spiro atoms. The SMILES string of the molecule is COCCN(C)Cc1nc(-c2ccc(OC)c(C)c2OC)oc1C. The quantitative estimate of drug-likeness (QED) is 0.739. The van der Waals surface area contributed by atoms with Crippen LogP contribution in [-0.2, 0) is 11.3 Å². The van der Waals surface area contributed by atoms with Crippen molar-refractivity contribution in [2.24, 2.45) is 0 Å². The second-order valence-corrected chi connectivity index (χ2v) is 5.73. The zero-order valence-corrected chi connectivity index (χ0v) is 15.3. The summed E-state index contributed by atoms with van der Waals surface area (Å²) in [6.07, 6.45) is 0. The largest absolute Gasteiger partial charge is 0.496 e. The van der Waals surface area contributed by atoms with E-state index < -0.39 is 0 Å². The number of aromatic nitrogens is 1. The Morgan fingerprint density at radius 3 is 2.50 bits per heavy atom. The summed E-state index contributed by atoms with van der Waals surface area (Å²) in [6.45, 7) is 6.11. The summed E-state index contributed by atoms with van der Waals surface area (Å²) >= 11 is 0. The van der Waals surface area contributed by atoms with Crippen LogP contribution in [0.2, 0.25) is 0 Å². The number of hydrogen-bond acceptors (Lipinski definition) is 6. The van der Waals surface area contributed by atoms with Crippen molar-refractivity contribution in [2.45, 2.75) is 20.4 Å². The minimum absolute atomic E-state index is 0.560. The van der Waals surface area contributed by atoms with Gasteiger partial charge in [-0.1, -0.05) is 0 Å². The van der Waals surface area contributed by atoms with Gasteiger partial charge in [0, 0.05) is 25.8 Å². The van der Waals surface area contributed by atoms with Crippen LogP contribution < -0.4 is 9.47 Å². The van der Waals surface area contributed by atoms with E-state index in [2.05, 4.69) is 9.88 Å². The van der Waals surface area contributed by atoms with Gasteiger partial charge in [0.25, 0.3) is 0 Å². The Hall–Kier alpha value is -2.05. The number of rotatable bonds is 8. The monoisotopic (exact) mass is 334 g/mol. The number of nitrogens with zero attached hydrogens (tertiary/aromatic N) is 2. The molecule has 24 heavy (non-hydrogen) atoms. The van der Waals surface area contributed by atoms with Crippen LogP contribution in [-0.4, -0.2) is 51.4 Å². The molecule has 1 heterocycles. The number of oxazole rings is 1. The van der Waals surface area contributed by atoms with Gasteiger partial charge in [0.2, 0.25) is 5.89 Å². The van der Waals surface area contributed by atoms with E-state index in [9.17, 15) is 0 Å². The normalized spacial score (nSPS) is 11.1. The maximum atomic E-state index is 5.89. The Labute approximate surface area is 143 Å². The van der Waals surface area contributed by atoms with Gasteiger partial charge < -0.3 is 18.6 Å². The highest BCUT2D eigenvalue weighted by molar-refractivity contribution is 5.68. The molecule has 0 fully saturated rings. The average molecular weight is 334 g/mol. The molecule has 0 atom stereocenters. The van der Waals surface area contributed by atoms with E-state index in [-0.39, 0.29) is 0 Å². The van der Waals surface area contributed by atoms with E-state index in [1.807, 2.05) is 33.0 Å². The Kier molecular flexibility index (Phi) is 6.23. The first-order chi connectivity index (χ1) is 11.5. The van der Waals surface area contributed by atoms with Crippen molar-refractivity contribution in [1.29, 1.82) is 0 Å². The standard InChI is InChI=1S/C18H26N2O4/c1-12-16(22-5)8-7-14(17(12)23-6)18-19-15(13(2)24-18)11-20(3)9-10-21-4/h7-8H,9-11H2,1-6H3. The van der Waals surface area contributed by atoms with Crippen molar-refractivity contribution in [3.63, 3.8) is 0 Å². The van der Waals surface area contributed by atoms with Gasteiger partial charge in [0.05, 0.1) is 32.1 Å². The Morgan fingerprint density at radius 1 is 1.12 bits per heavy atom. The molecule has 0 aliphatic heterocycles. The first-order valence-corrected chi connectivity index (χ1v) is 7.87. The van der Waals surface area contributed by atoms with Gasteiger partial charge in [-0.3, -0.25) is 4.90 Å². The van der Waals surface area contributed by atoms with Crippen LogP contribution in [0.4, 0.5) is 0 Å². The summed E-state index contributed by atoms with van der Waals surface area (Å²) in [6, 6.07) is 3.81. The fourth-order valence-electron chi connectivity index (χ4n) is 2.60. The summed E-state index contributed by atoms with van der Waals surface area (Å²) in [7, 11) is 7.02. The summed E-state index contributed by atoms with van der Waals surface area (Å²) in [5, 5.41) is 0. The Bertz CT molecular complexity index is 682. The molecular formula is C18H26N2O4. The third kappa shape index (κ3) is 3.88. The summed E-state index contributed by atoms with van der Waals surface area (Å²) in [4.78, 5) is 6.81. The van der Waals surface area contributed by atoms with E-state index >= 15 is 0 Å². The smallest absolute Gasteiger partial charge is 0.230 e. The van der Waals surface area contributed by atoms with Crippen LogP contribution >= 0.6 is 0 Å². The highest BCUT2D eigenvalue weighted by atomic mass is 16.5. The van der Waals surface area contributed by atoms with E-state index in [1.165, 1.54) is 0 Å². The maximum Gasteiger partial charge on any atom is 0.230 e. The lowest BCUT2D eigenvalue weighted by Gasteiger charge is -2.14. The van der Waals surface area contributed by atoms with Crippen molar-refractivity contribution in [3.8, 4) is 23.0 Å². The highest BCUT2D eigenvalue weighted by Gasteiger charge is 2.19. The number of likely N-dealkylation sites (N-methyl/N-ethyl adjacent to an activating group) is 1. The number of ether oxygens (including phenoxy) is 3. The third-order valence-electron chi connectivity index (χ3n) is 4.00. The van der Waals surface area contributed by atoms with E-state index in [1.54, 1.807) is 21.3 Å². The molecule has 132 valence electrons. The second kappa shape index (κ2) is 8.17. The van der Waals surface area contributed by atoms with Crippen molar-refractivity contribution in [2.75, 3.05) is 41.5 Å². The van der Waals surface area contributed by atoms with Crippen LogP contribution in [0.25, 0.3) is 11.5 Å². The van der Waals surface area contributed by atoms with E-state index in [0.717, 1.165) is 40.6 Å². The summed E-state index contributed by atoms with van der Waals surface area (Å²) in [5.41, 5.74) is 2.66. The van der Waals surface area contributed by atoms with Crippen molar-refractivity contribution in [3.05, 3.63) is 29.2 Å². The van der Waals surface area contributed by atoms with Gasteiger partial charge in [0.15, 0.2) is 0 Å². The molecule has 0 unspecified atom stereocenters. The van der Waals surface area contributed by atoms with E-state index in [4.69, 9.17) is 18.6 Å². The molecule has 6 nitrogen and oxygen atoms in total. The average Bonchev–Trinajstić information content (AvgIpc) is 2.93. The molecule has 6 heteroatoms. The predicted molar refractivity (Wildman–Crippen MR) is 92.7 cm³/mol. The molecule has 0 aliphatic carbocycles. The zero-order valence-electron chi connectivity index (χ0n) is 15.3. The second-order valence-electron chi connectivity index (χ2n) is 5.73. The molecule has 0 N–H and O–H groups in total. The fourth-order valence-corrected chi connectivity index (χ4v) is 2.60. The third-order valence-corrected chi connectivity index (χ3v) is 4.00. The first kappa shape index (κ1) is 18.3. The number of hydrogen-bond donors (Lipinski definition) is 0. The lowest BCUT2D eigenvalue weighted by Crippen LogP contribution is -2.22. The molecule has 0 saturated heterocycles. The number of aryl methyl sites for hydroxylation is 1. The van der Waals surface area contributed by atoms with Crippen LogP contribution in [0.3, 0.4) is 0 Å². The molecule has 1 aromatic heterocycles. The van der Waals surface area contributed by atoms with Gasteiger partial charge in [-0.05, 0) is 33.0 Å². The highest BCUT2D eigenvalue weighted by Crippen LogP contribution is 2.37. The van der Waals surface area contributed by atoms with Crippen LogP contribution in [0.1, 0.15) is 17.0 Å². The molecule has 2 aromatic rings. The zero-order chi connectivity index (χ0) is 17.7. The van der Waals surface area contributed by atoms with Crippen LogP contribution in [0.15, 0.2) is 16.5 Å². The molecule has 0 amide bonds. The first-order valence-electron chi connectivity index (χ1n) is 7.87. The van der Waals surface area contributed by atoms with E-state index in [0.29, 0.717) is 19.0 Å². The molecule has 2 rings (SSSR count). The molecule has 0 saturated carbocycles. The lowest BCUT2D eigenvalue weighted by atomic mass is 10.1. The Morgan fingerprint density at radius 2 is 1.88 bits per heavy atom. The van der Waals surface area contributed by atoms with Gasteiger partial charge in [-0.15, -0.1) is 0 Å². The molecule has 0 radical (unpaired) electrons. The topological polar surface area (TPSA) is 57.0 Å². The lowest BCUT2D eigenvalue weighted by molar-refractivity contribution is 0.158. The number of benzene rings is 1. The van der Waals surface area contributed by atoms with Crippen LogP contribution in [0, 0.1) is 13.8 Å². The molecule has 1 aromatic carbocycles. The van der Waals surface area contributed by atoms with Gasteiger partial charge in [0.1, 0.15) is 17.3 Å². The van der Waals surface area contributed by atoms with Crippen molar-refractivity contribution in [1.82, 2.24) is 9.88 Å². The van der Waals surface area contributed by atoms with Gasteiger partial charge in [-0.2, -0.15) is 0 Å². The molecule has 0 aliphatic rings. The van der Waals surface area contributed by atoms with Gasteiger partial charge in [-0.25, -0.2) is 4.98 Å². The predicted octanol–water partition coefficient (Wildman–Crippen LogP) is 3.05. The summed E-state index contributed by atoms with van der Waals surface area (Å²) < 4.78 is 21.9. The molecular weight excluding hydrogens is 308 g/mol. The van der Waals surface area contributed by atoms with Crippen LogP contribution in [0.5, 0.6) is 11.5 Å². The minimum atomic E-state index is 0.560. The Balaban J connectivity index is 2.31. The van der Waals surface area contributed by atoms with Crippen molar-refractivity contribution >= 4 is 0 Å². The fraction of sp³-hybridized carbons (Fsp3) is 0.500. The van der Waals surface area contributed by atoms with Gasteiger partial charge >= 0.3 is 0 Å². The maximum absolute atomic E-state index is 5.89. The summed E-state index contributed by atoms with van der Waals surface area (Å²) in [5.74, 6) is 2.86. The minimum Gasteiger partial charge on any atom is -0.496 e.